The van der Waals surface area contributed by atoms with Crippen LogP contribution >= 0.6 is 12.4 Å². The number of benzene rings is 2. The highest BCUT2D eigenvalue weighted by Gasteiger charge is 2.62. The van der Waals surface area contributed by atoms with Crippen molar-refractivity contribution in [3.8, 4) is 11.5 Å². The van der Waals surface area contributed by atoms with Gasteiger partial charge in [-0.15, -0.1) is 25.6 Å². The van der Waals surface area contributed by atoms with E-state index in [1.54, 1.807) is 0 Å². The number of halogens is 5. The molecule has 9 heteroatoms. The molecule has 0 unspecified atom stereocenters. The average molecular weight is 502 g/mol. The van der Waals surface area contributed by atoms with Gasteiger partial charge in [0.2, 0.25) is 0 Å². The lowest BCUT2D eigenvalue weighted by atomic mass is 9.67. The Hall–Kier alpha value is -2.03. The third-order valence-electron chi connectivity index (χ3n) is 7.39. The van der Waals surface area contributed by atoms with Crippen molar-refractivity contribution in [3.63, 3.8) is 0 Å². The maximum absolute atomic E-state index is 12.8. The first kappa shape index (κ1) is 25.1. The van der Waals surface area contributed by atoms with Gasteiger partial charge in [-0.1, -0.05) is 30.3 Å². The van der Waals surface area contributed by atoms with E-state index < -0.39 is 18.6 Å². The Bertz CT molecular complexity index is 992. The van der Waals surface area contributed by atoms with Gasteiger partial charge in [-0.2, -0.15) is 0 Å². The van der Waals surface area contributed by atoms with Gasteiger partial charge in [-0.3, -0.25) is 0 Å². The summed E-state index contributed by atoms with van der Waals surface area (Å²) < 4.78 is 67.6. The second-order valence-electron chi connectivity index (χ2n) is 9.18. The zero-order valence-corrected chi connectivity index (χ0v) is 19.4. The number of hydrogen-bond acceptors (Lipinski definition) is 4. The Morgan fingerprint density at radius 2 is 1.82 bits per heavy atom. The number of nitrogens with one attached hydrogen (secondary N) is 1. The van der Waals surface area contributed by atoms with E-state index in [1.807, 2.05) is 18.2 Å². The first-order valence-electron chi connectivity index (χ1n) is 11.4. The standard InChI is InChI=1S/C25H27F4NO3.ClH/c26-12-13-31-22-7-6-20(33-25(27,28)29)14-21(22)17-15-23(32-16-17)10-8-19-9-11-24(23,30-19)18-4-2-1-3-5-18;/h1-7,14,17,19,30H,8-13,15-16H2;1H/t17-,19+,23-,24-;/m1./s1. The van der Waals surface area contributed by atoms with E-state index in [0.717, 1.165) is 25.7 Å². The molecule has 2 bridgehead atoms. The van der Waals surface area contributed by atoms with E-state index in [2.05, 4.69) is 22.2 Å². The predicted molar refractivity (Wildman–Crippen MR) is 121 cm³/mol. The zero-order chi connectivity index (χ0) is 23.1. The molecule has 0 radical (unpaired) electrons. The lowest BCUT2D eigenvalue weighted by Crippen LogP contribution is -2.61. The molecule has 0 amide bonds. The average Bonchev–Trinajstić information content (AvgIpc) is 3.39. The Morgan fingerprint density at radius 3 is 2.56 bits per heavy atom. The Balaban J connectivity index is 0.00000274. The van der Waals surface area contributed by atoms with Crippen molar-refractivity contribution in [1.82, 2.24) is 5.32 Å². The molecule has 2 aromatic rings. The lowest BCUT2D eigenvalue weighted by molar-refractivity contribution is -0.274. The van der Waals surface area contributed by atoms with Crippen LogP contribution in [0.2, 0.25) is 0 Å². The molecule has 4 nitrogen and oxygen atoms in total. The van der Waals surface area contributed by atoms with Crippen LogP contribution in [0.25, 0.3) is 0 Å². The summed E-state index contributed by atoms with van der Waals surface area (Å²) in [6.07, 6.45) is -0.306. The molecule has 186 valence electrons. The van der Waals surface area contributed by atoms with Crippen molar-refractivity contribution >= 4 is 12.4 Å². The van der Waals surface area contributed by atoms with Gasteiger partial charge in [0.25, 0.3) is 0 Å². The van der Waals surface area contributed by atoms with Gasteiger partial charge in [0.15, 0.2) is 0 Å². The normalized spacial score (nSPS) is 30.2. The van der Waals surface area contributed by atoms with Crippen LogP contribution in [0.4, 0.5) is 17.6 Å². The highest BCUT2D eigenvalue weighted by Crippen LogP contribution is 2.58. The minimum atomic E-state index is -4.80. The fourth-order valence-corrected chi connectivity index (χ4v) is 6.06. The number of hydrogen-bond donors (Lipinski definition) is 1. The van der Waals surface area contributed by atoms with E-state index in [1.165, 1.54) is 23.8 Å². The monoisotopic (exact) mass is 501 g/mol. The van der Waals surface area contributed by atoms with Gasteiger partial charge in [-0.05, 0) is 55.9 Å². The molecule has 3 fully saturated rings. The Labute approximate surface area is 202 Å². The second kappa shape index (κ2) is 9.55. The van der Waals surface area contributed by atoms with Crippen LogP contribution < -0.4 is 14.8 Å². The summed E-state index contributed by atoms with van der Waals surface area (Å²) in [5.74, 6) is -0.142. The van der Waals surface area contributed by atoms with Crippen molar-refractivity contribution in [2.45, 2.75) is 61.6 Å². The van der Waals surface area contributed by atoms with Gasteiger partial charge in [0.1, 0.15) is 24.8 Å². The maximum Gasteiger partial charge on any atom is 0.573 e. The zero-order valence-electron chi connectivity index (χ0n) is 18.6. The van der Waals surface area contributed by atoms with Crippen molar-refractivity contribution in [3.05, 3.63) is 59.7 Å². The fraction of sp³-hybridized carbons (Fsp3) is 0.520. The minimum Gasteiger partial charge on any atom is -0.491 e. The molecule has 3 heterocycles. The molecule has 1 N–H and O–H groups in total. The largest absolute Gasteiger partial charge is 0.573 e. The van der Waals surface area contributed by atoms with Crippen LogP contribution in [0.15, 0.2) is 48.5 Å². The van der Waals surface area contributed by atoms with Gasteiger partial charge in [0.05, 0.1) is 17.7 Å². The number of alkyl halides is 4. The smallest absolute Gasteiger partial charge is 0.491 e. The molecule has 4 atom stereocenters. The van der Waals surface area contributed by atoms with Gasteiger partial charge >= 0.3 is 6.36 Å². The molecule has 2 aromatic carbocycles. The van der Waals surface area contributed by atoms with E-state index in [0.29, 0.717) is 30.4 Å². The third kappa shape index (κ3) is 4.48. The lowest BCUT2D eigenvalue weighted by Gasteiger charge is -2.50. The number of piperidine rings is 1. The van der Waals surface area contributed by atoms with Crippen LogP contribution in [0.1, 0.15) is 49.1 Å². The molecule has 1 spiro atoms. The first-order chi connectivity index (χ1) is 15.8. The fourth-order valence-electron chi connectivity index (χ4n) is 6.06. The summed E-state index contributed by atoms with van der Waals surface area (Å²) >= 11 is 0. The molecule has 34 heavy (non-hydrogen) atoms. The molecule has 5 rings (SSSR count). The van der Waals surface area contributed by atoms with Gasteiger partial charge in [0, 0.05) is 17.5 Å². The molecule has 3 aliphatic heterocycles. The summed E-state index contributed by atoms with van der Waals surface area (Å²) in [6.45, 7) is -0.501. The number of rotatable bonds is 6. The topological polar surface area (TPSA) is 39.7 Å². The quantitative estimate of drug-likeness (QED) is 0.490. The third-order valence-corrected chi connectivity index (χ3v) is 7.39. The molecular weight excluding hydrogens is 474 g/mol. The van der Waals surface area contributed by atoms with Crippen LogP contribution in [0.3, 0.4) is 0 Å². The summed E-state index contributed by atoms with van der Waals surface area (Å²) in [6, 6.07) is 14.7. The van der Waals surface area contributed by atoms with Crippen LogP contribution in [-0.2, 0) is 10.3 Å². The summed E-state index contributed by atoms with van der Waals surface area (Å²) in [4.78, 5) is 0. The maximum atomic E-state index is 12.8. The highest BCUT2D eigenvalue weighted by atomic mass is 35.5. The second-order valence-corrected chi connectivity index (χ2v) is 9.18. The van der Waals surface area contributed by atoms with Crippen molar-refractivity contribution < 1.29 is 31.8 Å². The van der Waals surface area contributed by atoms with E-state index in [9.17, 15) is 17.6 Å². The number of fused-ring (bicyclic) bond motifs is 3. The summed E-state index contributed by atoms with van der Waals surface area (Å²) in [7, 11) is 0. The van der Waals surface area contributed by atoms with Crippen LogP contribution in [-0.4, -0.2) is 37.9 Å². The molecule has 0 aliphatic carbocycles. The van der Waals surface area contributed by atoms with Gasteiger partial charge in [-0.25, -0.2) is 4.39 Å². The SMILES string of the molecule is Cl.FCCOc1ccc(OC(F)(F)F)cc1[C@H]1CO[C@]2(CC[C@H]3CC[C@]2(c2ccccc2)N3)C1. The molecule has 3 saturated heterocycles. The van der Waals surface area contributed by atoms with Crippen molar-refractivity contribution in [2.75, 3.05) is 19.9 Å². The summed E-state index contributed by atoms with van der Waals surface area (Å²) in [5, 5.41) is 3.84. The predicted octanol–water partition coefficient (Wildman–Crippen LogP) is 6.04. The molecule has 0 saturated carbocycles. The number of ether oxygens (including phenoxy) is 3. The summed E-state index contributed by atoms with van der Waals surface area (Å²) in [5.41, 5.74) is 0.914. The Kier molecular flexibility index (Phi) is 7.04. The van der Waals surface area contributed by atoms with Crippen LogP contribution in [0, 0.1) is 0 Å². The highest BCUT2D eigenvalue weighted by molar-refractivity contribution is 5.85. The molecule has 3 aliphatic rings. The molecular formula is C25H28ClF4NO3. The van der Waals surface area contributed by atoms with Gasteiger partial charge < -0.3 is 19.5 Å². The van der Waals surface area contributed by atoms with Crippen molar-refractivity contribution in [1.29, 1.82) is 0 Å². The van der Waals surface area contributed by atoms with Crippen molar-refractivity contribution in [2.24, 2.45) is 0 Å². The Morgan fingerprint density at radius 1 is 1.06 bits per heavy atom. The van der Waals surface area contributed by atoms with E-state index in [4.69, 9.17) is 9.47 Å². The van der Waals surface area contributed by atoms with E-state index >= 15 is 0 Å². The molecule has 0 aromatic heterocycles. The first-order valence-corrected chi connectivity index (χ1v) is 11.4. The van der Waals surface area contributed by atoms with E-state index in [-0.39, 0.29) is 36.2 Å². The minimum absolute atomic E-state index is 0. The van der Waals surface area contributed by atoms with Crippen LogP contribution in [0.5, 0.6) is 11.5 Å².